The van der Waals surface area contributed by atoms with Crippen molar-refractivity contribution in [2.24, 2.45) is 11.7 Å². The number of hydrogen-bond donors (Lipinski definition) is 1. The van der Waals surface area contributed by atoms with Gasteiger partial charge in [0.05, 0.1) is 0 Å². The number of nitrogens with zero attached hydrogens (tertiary/aromatic N) is 1. The third kappa shape index (κ3) is 3.68. The van der Waals surface area contributed by atoms with Gasteiger partial charge in [-0.25, -0.2) is 4.39 Å². The molecule has 2 nitrogen and oxygen atoms in total. The van der Waals surface area contributed by atoms with Crippen molar-refractivity contribution in [2.75, 3.05) is 13.1 Å². The van der Waals surface area contributed by atoms with Crippen LogP contribution in [0.2, 0.25) is 0 Å². The summed E-state index contributed by atoms with van der Waals surface area (Å²) in [6.07, 6.45) is 2.02. The summed E-state index contributed by atoms with van der Waals surface area (Å²) >= 11 is 0. The predicted octanol–water partition coefficient (Wildman–Crippen LogP) is 2.98. The van der Waals surface area contributed by atoms with E-state index < -0.39 is 0 Å². The first-order chi connectivity index (χ1) is 8.65. The van der Waals surface area contributed by atoms with Gasteiger partial charge in [-0.2, -0.15) is 0 Å². The molecule has 1 aliphatic rings. The second kappa shape index (κ2) is 7.22. The Kier molecular flexibility index (Phi) is 6.24. The van der Waals surface area contributed by atoms with Gasteiger partial charge in [-0.1, -0.05) is 19.1 Å². The first kappa shape index (κ1) is 16.4. The Balaban J connectivity index is 0.00000180. The molecule has 1 aliphatic heterocycles. The number of nitrogens with two attached hydrogens (primary N) is 1. The van der Waals surface area contributed by atoms with Gasteiger partial charge >= 0.3 is 0 Å². The molecule has 2 rings (SSSR count). The smallest absolute Gasteiger partial charge is 0.127 e. The topological polar surface area (TPSA) is 29.3 Å². The molecule has 2 atom stereocenters. The maximum Gasteiger partial charge on any atom is 0.127 e. The maximum atomic E-state index is 13.9. The lowest BCUT2D eigenvalue weighted by Crippen LogP contribution is -2.28. The highest BCUT2D eigenvalue weighted by molar-refractivity contribution is 5.85. The molecule has 1 aromatic rings. The Hall–Kier alpha value is -0.640. The molecule has 19 heavy (non-hydrogen) atoms. The molecule has 1 aromatic carbocycles. The lowest BCUT2D eigenvalue weighted by atomic mass is 10.0. The van der Waals surface area contributed by atoms with Crippen LogP contribution in [0.5, 0.6) is 0 Å². The molecule has 1 heterocycles. The Morgan fingerprint density at radius 2 is 2.16 bits per heavy atom. The molecule has 0 amide bonds. The van der Waals surface area contributed by atoms with Crippen LogP contribution in [0.1, 0.15) is 31.4 Å². The van der Waals surface area contributed by atoms with E-state index >= 15 is 0 Å². The van der Waals surface area contributed by atoms with Crippen molar-refractivity contribution in [1.82, 2.24) is 4.90 Å². The summed E-state index contributed by atoms with van der Waals surface area (Å²) in [4.78, 5) is 2.36. The van der Waals surface area contributed by atoms with Crippen molar-refractivity contribution < 1.29 is 4.39 Å². The molecule has 2 N–H and O–H groups in total. The predicted molar refractivity (Wildman–Crippen MR) is 80.1 cm³/mol. The van der Waals surface area contributed by atoms with Gasteiger partial charge in [0.15, 0.2) is 0 Å². The Morgan fingerprint density at radius 3 is 2.74 bits per heavy atom. The van der Waals surface area contributed by atoms with E-state index in [1.165, 1.54) is 0 Å². The molecule has 0 radical (unpaired) electrons. The number of hydrogen-bond acceptors (Lipinski definition) is 2. The van der Waals surface area contributed by atoms with Gasteiger partial charge in [0.2, 0.25) is 0 Å². The number of aryl methyl sites for hydroxylation is 1. The number of likely N-dealkylation sites (tertiary alicyclic amines) is 1. The van der Waals surface area contributed by atoms with Crippen molar-refractivity contribution in [3.63, 3.8) is 0 Å². The molecular weight excluding hydrogens is 263 g/mol. The summed E-state index contributed by atoms with van der Waals surface area (Å²) in [5.74, 6) is 0.495. The van der Waals surface area contributed by atoms with Crippen molar-refractivity contribution in [1.29, 1.82) is 0 Å². The Labute approximate surface area is 121 Å². The fourth-order valence-corrected chi connectivity index (χ4v) is 2.92. The zero-order chi connectivity index (χ0) is 13.1. The molecule has 108 valence electrons. The standard InChI is InChI=1S/C15H23FN2.ClH/c1-3-13-5-4-6-15(16)14(13)10-18-9-12(8-17)7-11(18)2;/h4-6,11-12H,3,7-10,17H2,1-2H3;1H. The third-order valence-electron chi connectivity index (χ3n) is 4.08. The molecule has 0 saturated carbocycles. The average Bonchev–Trinajstić information content (AvgIpc) is 2.73. The number of benzene rings is 1. The Morgan fingerprint density at radius 1 is 1.42 bits per heavy atom. The minimum Gasteiger partial charge on any atom is -0.330 e. The molecule has 1 fully saturated rings. The van der Waals surface area contributed by atoms with Gasteiger partial charge in [-0.3, -0.25) is 4.90 Å². The SMILES string of the molecule is CCc1cccc(F)c1CN1CC(CN)CC1C.Cl. The second-order valence-corrected chi connectivity index (χ2v) is 5.35. The van der Waals surface area contributed by atoms with Crippen molar-refractivity contribution in [2.45, 2.75) is 39.3 Å². The van der Waals surface area contributed by atoms with E-state index in [9.17, 15) is 4.39 Å². The summed E-state index contributed by atoms with van der Waals surface area (Å²) in [5, 5.41) is 0. The van der Waals surface area contributed by atoms with E-state index in [1.54, 1.807) is 12.1 Å². The first-order valence-electron chi connectivity index (χ1n) is 6.86. The van der Waals surface area contributed by atoms with Crippen molar-refractivity contribution >= 4 is 12.4 Å². The third-order valence-corrected chi connectivity index (χ3v) is 4.08. The van der Waals surface area contributed by atoms with E-state index in [0.717, 1.165) is 37.1 Å². The summed E-state index contributed by atoms with van der Waals surface area (Å²) in [6.45, 7) is 6.73. The fraction of sp³-hybridized carbons (Fsp3) is 0.600. The van der Waals surface area contributed by atoms with Crippen LogP contribution >= 0.6 is 12.4 Å². The van der Waals surface area contributed by atoms with Crippen LogP contribution < -0.4 is 5.73 Å². The van der Waals surface area contributed by atoms with E-state index in [2.05, 4.69) is 18.7 Å². The van der Waals surface area contributed by atoms with Crippen LogP contribution in [0.4, 0.5) is 4.39 Å². The second-order valence-electron chi connectivity index (χ2n) is 5.35. The van der Waals surface area contributed by atoms with Gasteiger partial charge in [0.1, 0.15) is 5.82 Å². The highest BCUT2D eigenvalue weighted by Crippen LogP contribution is 2.26. The van der Waals surface area contributed by atoms with E-state index in [4.69, 9.17) is 5.73 Å². The Bertz CT molecular complexity index is 411. The first-order valence-corrected chi connectivity index (χ1v) is 6.86. The summed E-state index contributed by atoms with van der Waals surface area (Å²) < 4.78 is 13.9. The van der Waals surface area contributed by atoms with Gasteiger partial charge in [-0.05, 0) is 43.9 Å². The van der Waals surface area contributed by atoms with E-state index in [-0.39, 0.29) is 18.2 Å². The molecule has 0 bridgehead atoms. The van der Waals surface area contributed by atoms with E-state index in [0.29, 0.717) is 18.5 Å². The van der Waals surface area contributed by atoms with Crippen LogP contribution in [0.15, 0.2) is 18.2 Å². The van der Waals surface area contributed by atoms with Crippen molar-refractivity contribution in [3.05, 3.63) is 35.1 Å². The zero-order valence-corrected chi connectivity index (χ0v) is 12.5. The fourth-order valence-electron chi connectivity index (χ4n) is 2.92. The van der Waals surface area contributed by atoms with Gasteiger partial charge in [0.25, 0.3) is 0 Å². The molecule has 4 heteroatoms. The molecular formula is C15H24ClFN2. The monoisotopic (exact) mass is 286 g/mol. The van der Waals surface area contributed by atoms with E-state index in [1.807, 2.05) is 6.07 Å². The van der Waals surface area contributed by atoms with Gasteiger partial charge in [-0.15, -0.1) is 12.4 Å². The normalized spacial score (nSPS) is 23.4. The highest BCUT2D eigenvalue weighted by Gasteiger charge is 2.28. The minimum atomic E-state index is -0.0715. The van der Waals surface area contributed by atoms with Crippen LogP contribution in [-0.2, 0) is 13.0 Å². The quantitative estimate of drug-likeness (QED) is 0.922. The molecule has 2 unspecified atom stereocenters. The highest BCUT2D eigenvalue weighted by atomic mass is 35.5. The number of rotatable bonds is 4. The molecule has 0 aromatic heterocycles. The van der Waals surface area contributed by atoms with Gasteiger partial charge in [0, 0.05) is 24.7 Å². The van der Waals surface area contributed by atoms with Crippen LogP contribution in [0, 0.1) is 11.7 Å². The zero-order valence-electron chi connectivity index (χ0n) is 11.7. The average molecular weight is 287 g/mol. The van der Waals surface area contributed by atoms with Crippen molar-refractivity contribution in [3.8, 4) is 0 Å². The molecule has 0 aliphatic carbocycles. The maximum absolute atomic E-state index is 13.9. The summed E-state index contributed by atoms with van der Waals surface area (Å²) in [6, 6.07) is 5.89. The van der Waals surface area contributed by atoms with Crippen LogP contribution in [-0.4, -0.2) is 24.0 Å². The summed E-state index contributed by atoms with van der Waals surface area (Å²) in [7, 11) is 0. The summed E-state index contributed by atoms with van der Waals surface area (Å²) in [5.41, 5.74) is 7.73. The van der Waals surface area contributed by atoms with Crippen LogP contribution in [0.25, 0.3) is 0 Å². The molecule has 1 saturated heterocycles. The lowest BCUT2D eigenvalue weighted by molar-refractivity contribution is 0.251. The largest absolute Gasteiger partial charge is 0.330 e. The van der Waals surface area contributed by atoms with Crippen LogP contribution in [0.3, 0.4) is 0 Å². The lowest BCUT2D eigenvalue weighted by Gasteiger charge is -2.22. The molecule has 0 spiro atoms. The number of halogens is 2. The van der Waals surface area contributed by atoms with Gasteiger partial charge < -0.3 is 5.73 Å². The minimum absolute atomic E-state index is 0.